The second kappa shape index (κ2) is 7.58. The maximum absolute atomic E-state index is 12.6. The minimum absolute atomic E-state index is 0.207. The van der Waals surface area contributed by atoms with Gasteiger partial charge in [0.05, 0.1) is 12.7 Å². The molecular formula is C19H19ClN4O2. The molecule has 0 aliphatic heterocycles. The van der Waals surface area contributed by atoms with Crippen molar-refractivity contribution in [3.8, 4) is 0 Å². The van der Waals surface area contributed by atoms with Gasteiger partial charge in [-0.3, -0.25) is 9.59 Å². The van der Waals surface area contributed by atoms with E-state index in [2.05, 4.69) is 10.4 Å². The fourth-order valence-electron chi connectivity index (χ4n) is 2.64. The van der Waals surface area contributed by atoms with E-state index < -0.39 is 0 Å². The quantitative estimate of drug-likeness (QED) is 0.749. The van der Waals surface area contributed by atoms with E-state index >= 15 is 0 Å². The molecule has 1 aromatic carbocycles. The third-order valence-corrected chi connectivity index (χ3v) is 4.50. The number of rotatable bonds is 5. The first-order chi connectivity index (χ1) is 12.5. The lowest BCUT2D eigenvalue weighted by atomic mass is 10.2. The van der Waals surface area contributed by atoms with Crippen LogP contribution in [0.5, 0.6) is 0 Å². The number of carbonyl (C=O) groups is 1. The van der Waals surface area contributed by atoms with E-state index in [-0.39, 0.29) is 11.5 Å². The van der Waals surface area contributed by atoms with Crippen molar-refractivity contribution in [3.05, 3.63) is 80.9 Å². The summed E-state index contributed by atoms with van der Waals surface area (Å²) >= 11 is 6.22. The SMILES string of the molecule is CCn1ccc(C(=O)Nc2c(C)cnn2Cc2ccccc2Cl)cc1=O. The zero-order valence-corrected chi connectivity index (χ0v) is 15.3. The van der Waals surface area contributed by atoms with Crippen molar-refractivity contribution in [3.63, 3.8) is 0 Å². The summed E-state index contributed by atoms with van der Waals surface area (Å²) in [5.74, 6) is 0.226. The van der Waals surface area contributed by atoms with Crippen molar-refractivity contribution >= 4 is 23.3 Å². The van der Waals surface area contributed by atoms with Gasteiger partial charge < -0.3 is 9.88 Å². The molecule has 0 unspecified atom stereocenters. The molecule has 1 amide bonds. The highest BCUT2D eigenvalue weighted by molar-refractivity contribution is 6.31. The molecule has 1 N–H and O–H groups in total. The molecule has 0 saturated carbocycles. The van der Waals surface area contributed by atoms with Crippen LogP contribution in [0.2, 0.25) is 5.02 Å². The first kappa shape index (κ1) is 17.9. The number of nitrogens with zero attached hydrogens (tertiary/aromatic N) is 3. The lowest BCUT2D eigenvalue weighted by Crippen LogP contribution is -2.22. The van der Waals surface area contributed by atoms with E-state index in [4.69, 9.17) is 11.6 Å². The molecule has 0 radical (unpaired) electrons. The first-order valence-electron chi connectivity index (χ1n) is 8.27. The van der Waals surface area contributed by atoms with Gasteiger partial charge in [-0.05, 0) is 31.5 Å². The Morgan fingerprint density at radius 3 is 2.73 bits per heavy atom. The molecule has 0 spiro atoms. The number of benzene rings is 1. The fraction of sp³-hybridized carbons (Fsp3) is 0.211. The Balaban J connectivity index is 1.85. The van der Waals surface area contributed by atoms with Crippen molar-refractivity contribution in [2.24, 2.45) is 0 Å². The first-order valence-corrected chi connectivity index (χ1v) is 8.65. The standard InChI is InChI=1S/C19H19ClN4O2/c1-3-23-9-8-14(10-17(23)25)19(26)22-18-13(2)11-21-24(18)12-15-6-4-5-7-16(15)20/h4-11H,3,12H2,1-2H3,(H,22,26). The third kappa shape index (κ3) is 3.70. The summed E-state index contributed by atoms with van der Waals surface area (Å²) in [5, 5.41) is 7.81. The monoisotopic (exact) mass is 370 g/mol. The van der Waals surface area contributed by atoms with Crippen LogP contribution in [0.15, 0.2) is 53.6 Å². The Hall–Kier alpha value is -2.86. The summed E-state index contributed by atoms with van der Waals surface area (Å²) in [7, 11) is 0. The summed E-state index contributed by atoms with van der Waals surface area (Å²) in [6, 6.07) is 10.5. The van der Waals surface area contributed by atoms with Gasteiger partial charge in [-0.25, -0.2) is 4.68 Å². The number of aryl methyl sites for hydroxylation is 2. The Kier molecular flexibility index (Phi) is 5.23. The van der Waals surface area contributed by atoms with Crippen LogP contribution in [0, 0.1) is 6.92 Å². The number of hydrogen-bond acceptors (Lipinski definition) is 3. The fourth-order valence-corrected chi connectivity index (χ4v) is 2.84. The van der Waals surface area contributed by atoms with E-state index in [1.165, 1.54) is 10.6 Å². The van der Waals surface area contributed by atoms with Gasteiger partial charge in [-0.2, -0.15) is 5.10 Å². The highest BCUT2D eigenvalue weighted by atomic mass is 35.5. The highest BCUT2D eigenvalue weighted by Crippen LogP contribution is 2.20. The van der Waals surface area contributed by atoms with Crippen LogP contribution in [0.1, 0.15) is 28.4 Å². The van der Waals surface area contributed by atoms with Crippen molar-refractivity contribution in [2.75, 3.05) is 5.32 Å². The number of anilines is 1. The molecule has 3 aromatic rings. The zero-order valence-electron chi connectivity index (χ0n) is 14.6. The molecule has 7 heteroatoms. The van der Waals surface area contributed by atoms with E-state index in [1.807, 2.05) is 38.1 Å². The van der Waals surface area contributed by atoms with E-state index in [0.717, 1.165) is 11.1 Å². The number of hydrogen-bond donors (Lipinski definition) is 1. The molecule has 6 nitrogen and oxygen atoms in total. The van der Waals surface area contributed by atoms with Crippen molar-refractivity contribution in [1.82, 2.24) is 14.3 Å². The van der Waals surface area contributed by atoms with Crippen LogP contribution in [0.3, 0.4) is 0 Å². The summed E-state index contributed by atoms with van der Waals surface area (Å²) in [5.41, 5.74) is 1.83. The summed E-state index contributed by atoms with van der Waals surface area (Å²) in [6.45, 7) is 4.73. The number of amides is 1. The number of aromatic nitrogens is 3. The van der Waals surface area contributed by atoms with Crippen LogP contribution >= 0.6 is 11.6 Å². The van der Waals surface area contributed by atoms with Gasteiger partial charge in [-0.1, -0.05) is 29.8 Å². The molecular weight excluding hydrogens is 352 g/mol. The highest BCUT2D eigenvalue weighted by Gasteiger charge is 2.14. The Morgan fingerprint density at radius 1 is 1.27 bits per heavy atom. The lowest BCUT2D eigenvalue weighted by molar-refractivity contribution is 0.102. The smallest absolute Gasteiger partial charge is 0.257 e. The molecule has 2 heterocycles. The Labute approximate surface area is 156 Å². The molecule has 2 aromatic heterocycles. The zero-order chi connectivity index (χ0) is 18.7. The normalized spacial score (nSPS) is 10.7. The minimum atomic E-state index is -0.352. The molecule has 26 heavy (non-hydrogen) atoms. The van der Waals surface area contributed by atoms with Crippen LogP contribution in [0.4, 0.5) is 5.82 Å². The number of halogens is 1. The molecule has 0 aliphatic carbocycles. The topological polar surface area (TPSA) is 68.9 Å². The van der Waals surface area contributed by atoms with Gasteiger partial charge in [0.25, 0.3) is 11.5 Å². The molecule has 3 rings (SSSR count). The Morgan fingerprint density at radius 2 is 2.04 bits per heavy atom. The second-order valence-electron chi connectivity index (χ2n) is 5.92. The molecule has 0 fully saturated rings. The summed E-state index contributed by atoms with van der Waals surface area (Å²) < 4.78 is 3.21. The Bertz CT molecular complexity index is 1010. The average Bonchev–Trinajstić information content (AvgIpc) is 2.97. The number of nitrogens with one attached hydrogen (secondary N) is 1. The van der Waals surface area contributed by atoms with Gasteiger partial charge in [0, 0.05) is 35.0 Å². The van der Waals surface area contributed by atoms with Gasteiger partial charge in [0.1, 0.15) is 5.82 Å². The van der Waals surface area contributed by atoms with Gasteiger partial charge in [-0.15, -0.1) is 0 Å². The number of carbonyl (C=O) groups excluding carboxylic acids is 1. The van der Waals surface area contributed by atoms with Gasteiger partial charge >= 0.3 is 0 Å². The molecule has 0 bridgehead atoms. The minimum Gasteiger partial charge on any atom is -0.316 e. The molecule has 134 valence electrons. The molecule has 0 atom stereocenters. The number of pyridine rings is 1. The predicted octanol–water partition coefficient (Wildman–Crippen LogP) is 3.33. The molecule has 0 saturated heterocycles. The van der Waals surface area contributed by atoms with Crippen molar-refractivity contribution in [1.29, 1.82) is 0 Å². The average molecular weight is 371 g/mol. The van der Waals surface area contributed by atoms with Crippen LogP contribution in [-0.2, 0) is 13.1 Å². The summed E-state index contributed by atoms with van der Waals surface area (Å²) in [6.07, 6.45) is 3.30. The van der Waals surface area contributed by atoms with Crippen LogP contribution in [-0.4, -0.2) is 20.3 Å². The van der Waals surface area contributed by atoms with Crippen molar-refractivity contribution < 1.29 is 4.79 Å². The maximum Gasteiger partial charge on any atom is 0.257 e. The van der Waals surface area contributed by atoms with E-state index in [0.29, 0.717) is 29.5 Å². The maximum atomic E-state index is 12.6. The van der Waals surface area contributed by atoms with E-state index in [1.54, 1.807) is 23.1 Å². The van der Waals surface area contributed by atoms with Crippen LogP contribution < -0.4 is 10.9 Å². The second-order valence-corrected chi connectivity index (χ2v) is 6.33. The third-order valence-electron chi connectivity index (χ3n) is 4.13. The summed E-state index contributed by atoms with van der Waals surface area (Å²) in [4.78, 5) is 24.5. The van der Waals surface area contributed by atoms with Crippen LogP contribution in [0.25, 0.3) is 0 Å². The largest absolute Gasteiger partial charge is 0.316 e. The van der Waals surface area contributed by atoms with E-state index in [9.17, 15) is 9.59 Å². The van der Waals surface area contributed by atoms with Gasteiger partial charge in [0.15, 0.2) is 0 Å². The van der Waals surface area contributed by atoms with Crippen molar-refractivity contribution in [2.45, 2.75) is 26.9 Å². The predicted molar refractivity (Wildman–Crippen MR) is 102 cm³/mol. The molecule has 0 aliphatic rings. The van der Waals surface area contributed by atoms with Gasteiger partial charge in [0.2, 0.25) is 0 Å². The lowest BCUT2D eigenvalue weighted by Gasteiger charge is -2.11.